The number of methoxy groups -OCH3 is 1. The molecule has 0 heterocycles. The molecule has 0 radical (unpaired) electrons. The molecule has 1 aromatic rings. The van der Waals surface area contributed by atoms with Crippen LogP contribution in [0.5, 0.6) is 5.75 Å². The second-order valence-electron chi connectivity index (χ2n) is 2.89. The number of ether oxygens (including phenoxy) is 1. The molecular formula is C9H9FN2O4. The van der Waals surface area contributed by atoms with Crippen LogP contribution in [0.25, 0.3) is 0 Å². The van der Waals surface area contributed by atoms with Crippen LogP contribution in [0, 0.1) is 15.9 Å². The molecule has 0 spiro atoms. The van der Waals surface area contributed by atoms with Crippen LogP contribution in [0.2, 0.25) is 0 Å². The molecule has 2 N–H and O–H groups in total. The molecule has 0 bridgehead atoms. The zero-order valence-electron chi connectivity index (χ0n) is 8.40. The molecule has 86 valence electrons. The Morgan fingerprint density at radius 3 is 2.69 bits per heavy atom. The minimum atomic E-state index is -0.964. The predicted octanol–water partition coefficient (Wildman–Crippen LogP) is 0.884. The Bertz CT molecular complexity index is 447. The fourth-order valence-corrected chi connectivity index (χ4v) is 1.21. The summed E-state index contributed by atoms with van der Waals surface area (Å²) in [7, 11) is 1.16. The molecule has 0 aliphatic carbocycles. The molecule has 0 aliphatic heterocycles. The summed E-state index contributed by atoms with van der Waals surface area (Å²) in [6.07, 6.45) is 0. The van der Waals surface area contributed by atoms with Gasteiger partial charge in [-0.3, -0.25) is 14.9 Å². The minimum absolute atomic E-state index is 0.225. The third-order valence-electron chi connectivity index (χ3n) is 1.93. The highest BCUT2D eigenvalue weighted by atomic mass is 19.1. The lowest BCUT2D eigenvalue weighted by atomic mass is 10.1. The molecule has 0 atom stereocenters. The molecule has 0 unspecified atom stereocenters. The molecule has 0 saturated carbocycles. The van der Waals surface area contributed by atoms with Crippen molar-refractivity contribution >= 4 is 11.5 Å². The second kappa shape index (κ2) is 4.67. The molecule has 0 saturated heterocycles. The Labute approximate surface area is 90.0 Å². The Hall–Kier alpha value is -2.02. The number of non-ortho nitro benzene ring substituents is 1. The summed E-state index contributed by atoms with van der Waals surface area (Å²) in [5.74, 6) is -1.92. The number of nitrogens with two attached hydrogens (primary N) is 1. The average Bonchev–Trinajstić information content (AvgIpc) is 2.26. The van der Waals surface area contributed by atoms with Gasteiger partial charge in [-0.15, -0.1) is 0 Å². The van der Waals surface area contributed by atoms with Crippen molar-refractivity contribution < 1.29 is 18.8 Å². The number of hydrogen-bond donors (Lipinski definition) is 1. The lowest BCUT2D eigenvalue weighted by molar-refractivity contribution is -0.385. The molecular weight excluding hydrogens is 219 g/mol. The van der Waals surface area contributed by atoms with Crippen LogP contribution in [0.1, 0.15) is 10.4 Å². The summed E-state index contributed by atoms with van der Waals surface area (Å²) < 4.78 is 18.0. The number of carbonyl (C=O) groups is 1. The van der Waals surface area contributed by atoms with Crippen LogP contribution in [-0.4, -0.2) is 24.4 Å². The van der Waals surface area contributed by atoms with E-state index in [4.69, 9.17) is 5.73 Å². The van der Waals surface area contributed by atoms with E-state index in [0.29, 0.717) is 6.07 Å². The van der Waals surface area contributed by atoms with Gasteiger partial charge >= 0.3 is 0 Å². The van der Waals surface area contributed by atoms with Crippen LogP contribution in [-0.2, 0) is 0 Å². The van der Waals surface area contributed by atoms with E-state index in [0.717, 1.165) is 13.2 Å². The van der Waals surface area contributed by atoms with Crippen molar-refractivity contribution in [1.82, 2.24) is 0 Å². The van der Waals surface area contributed by atoms with Gasteiger partial charge in [0.05, 0.1) is 30.2 Å². The first-order valence-electron chi connectivity index (χ1n) is 4.26. The molecule has 1 aromatic carbocycles. The molecule has 16 heavy (non-hydrogen) atoms. The number of nitro benzene ring substituents is 1. The Morgan fingerprint density at radius 2 is 2.25 bits per heavy atom. The number of hydrogen-bond acceptors (Lipinski definition) is 5. The fraction of sp³-hybridized carbons (Fsp3) is 0.222. The average molecular weight is 228 g/mol. The highest BCUT2D eigenvalue weighted by Crippen LogP contribution is 2.28. The second-order valence-corrected chi connectivity index (χ2v) is 2.89. The quantitative estimate of drug-likeness (QED) is 0.469. The normalized spacial score (nSPS) is 9.94. The van der Waals surface area contributed by atoms with Gasteiger partial charge in [0.25, 0.3) is 5.69 Å². The third kappa shape index (κ3) is 2.14. The first kappa shape index (κ1) is 12.1. The van der Waals surface area contributed by atoms with Crippen LogP contribution in [0.15, 0.2) is 12.1 Å². The van der Waals surface area contributed by atoms with Crippen molar-refractivity contribution in [1.29, 1.82) is 0 Å². The monoisotopic (exact) mass is 228 g/mol. The number of nitro groups is 1. The van der Waals surface area contributed by atoms with Gasteiger partial charge in [0.2, 0.25) is 0 Å². The van der Waals surface area contributed by atoms with Crippen molar-refractivity contribution in [3.8, 4) is 5.75 Å². The smallest absolute Gasteiger partial charge is 0.273 e. The Kier molecular flexibility index (Phi) is 3.51. The number of nitrogens with zero attached hydrogens (tertiary/aromatic N) is 1. The summed E-state index contributed by atoms with van der Waals surface area (Å²) in [6, 6.07) is 1.63. The number of ketones is 1. The SMILES string of the molecule is COc1c(F)cc([N+](=O)[O-])cc1C(=O)CN. The highest BCUT2D eigenvalue weighted by Gasteiger charge is 2.21. The van der Waals surface area contributed by atoms with Gasteiger partial charge in [0.1, 0.15) is 0 Å². The van der Waals surface area contributed by atoms with Gasteiger partial charge in [-0.2, -0.15) is 0 Å². The minimum Gasteiger partial charge on any atom is -0.493 e. The van der Waals surface area contributed by atoms with Crippen LogP contribution in [0.4, 0.5) is 10.1 Å². The molecule has 0 aliphatic rings. The molecule has 1 rings (SSSR count). The standard InChI is InChI=1S/C9H9FN2O4/c1-16-9-6(8(13)4-11)2-5(12(14)15)3-7(9)10/h2-3H,4,11H2,1H3. The zero-order valence-corrected chi connectivity index (χ0v) is 8.40. The Morgan fingerprint density at radius 1 is 1.62 bits per heavy atom. The van der Waals surface area contributed by atoms with Crippen LogP contribution >= 0.6 is 0 Å². The summed E-state index contributed by atoms with van der Waals surface area (Å²) >= 11 is 0. The summed E-state index contributed by atoms with van der Waals surface area (Å²) in [4.78, 5) is 21.0. The largest absolute Gasteiger partial charge is 0.493 e. The number of benzene rings is 1. The van der Waals surface area contributed by atoms with Gasteiger partial charge < -0.3 is 10.5 Å². The van der Waals surface area contributed by atoms with E-state index in [9.17, 15) is 19.3 Å². The third-order valence-corrected chi connectivity index (χ3v) is 1.93. The lowest BCUT2D eigenvalue weighted by Crippen LogP contribution is -2.15. The maximum atomic E-state index is 13.3. The van der Waals surface area contributed by atoms with Gasteiger partial charge in [-0.25, -0.2) is 4.39 Å². The van der Waals surface area contributed by atoms with Crippen molar-refractivity contribution in [3.63, 3.8) is 0 Å². The summed E-state index contributed by atoms with van der Waals surface area (Å²) in [5, 5.41) is 10.5. The van der Waals surface area contributed by atoms with E-state index in [-0.39, 0.29) is 17.9 Å². The van der Waals surface area contributed by atoms with Crippen molar-refractivity contribution in [3.05, 3.63) is 33.6 Å². The van der Waals surface area contributed by atoms with Gasteiger partial charge in [0, 0.05) is 6.07 Å². The van der Waals surface area contributed by atoms with Crippen LogP contribution < -0.4 is 10.5 Å². The van der Waals surface area contributed by atoms with E-state index in [2.05, 4.69) is 4.74 Å². The van der Waals surface area contributed by atoms with E-state index in [1.54, 1.807) is 0 Å². The maximum Gasteiger partial charge on any atom is 0.273 e. The number of carbonyl (C=O) groups excluding carboxylic acids is 1. The number of rotatable bonds is 4. The van der Waals surface area contributed by atoms with Gasteiger partial charge in [-0.1, -0.05) is 0 Å². The summed E-state index contributed by atoms with van der Waals surface area (Å²) in [5.41, 5.74) is 4.36. The van der Waals surface area contributed by atoms with E-state index >= 15 is 0 Å². The Balaban J connectivity index is 3.42. The highest BCUT2D eigenvalue weighted by molar-refractivity contribution is 6.00. The first-order chi connectivity index (χ1) is 7.51. The molecule has 0 aromatic heterocycles. The number of Topliss-reactive ketones (excluding diaryl/α,β-unsaturated/α-hetero) is 1. The predicted molar refractivity (Wildman–Crippen MR) is 53.0 cm³/mol. The molecule has 7 heteroatoms. The van der Waals surface area contributed by atoms with Crippen LogP contribution in [0.3, 0.4) is 0 Å². The van der Waals surface area contributed by atoms with E-state index in [1.165, 1.54) is 0 Å². The van der Waals surface area contributed by atoms with Gasteiger partial charge in [-0.05, 0) is 0 Å². The molecule has 0 fully saturated rings. The topological polar surface area (TPSA) is 95.5 Å². The molecule has 0 amide bonds. The van der Waals surface area contributed by atoms with Gasteiger partial charge in [0.15, 0.2) is 17.3 Å². The fourth-order valence-electron chi connectivity index (χ4n) is 1.21. The van der Waals surface area contributed by atoms with E-state index < -0.39 is 22.2 Å². The van der Waals surface area contributed by atoms with Crippen molar-refractivity contribution in [2.45, 2.75) is 0 Å². The summed E-state index contributed by atoms with van der Waals surface area (Å²) in [6.45, 7) is -0.378. The van der Waals surface area contributed by atoms with E-state index in [1.807, 2.05) is 0 Å². The maximum absolute atomic E-state index is 13.3. The van der Waals surface area contributed by atoms with Crippen molar-refractivity contribution in [2.75, 3.05) is 13.7 Å². The lowest BCUT2D eigenvalue weighted by Gasteiger charge is -2.07. The van der Waals surface area contributed by atoms with Crippen molar-refractivity contribution in [2.24, 2.45) is 5.73 Å². The first-order valence-corrected chi connectivity index (χ1v) is 4.26. The number of halogens is 1. The molecule has 6 nitrogen and oxygen atoms in total. The zero-order chi connectivity index (χ0) is 12.3.